The summed E-state index contributed by atoms with van der Waals surface area (Å²) in [6, 6.07) is 7.37. The van der Waals surface area contributed by atoms with Gasteiger partial charge < -0.3 is 58.9 Å². The molecular formula is C55H85N11O9. The third-order valence-corrected chi connectivity index (χ3v) is 13.5. The zero-order chi connectivity index (χ0) is 55.4. The summed E-state index contributed by atoms with van der Waals surface area (Å²) in [7, 11) is 0. The molecule has 2 aliphatic heterocycles. The number of carbonyl (C=O) groups is 9. The van der Waals surface area contributed by atoms with E-state index >= 15 is 0 Å². The third-order valence-electron chi connectivity index (χ3n) is 13.5. The van der Waals surface area contributed by atoms with E-state index in [2.05, 4.69) is 42.5 Å². The number of hydrogen-bond acceptors (Lipinski definition) is 11. The second-order valence-corrected chi connectivity index (χ2v) is 21.5. The van der Waals surface area contributed by atoms with Gasteiger partial charge in [-0.3, -0.25) is 43.2 Å². The van der Waals surface area contributed by atoms with Crippen LogP contribution in [0.25, 0.3) is 0 Å². The van der Waals surface area contributed by atoms with E-state index in [1.54, 1.807) is 70.2 Å². The van der Waals surface area contributed by atoms with Gasteiger partial charge in [-0.05, 0) is 99.3 Å². The molecule has 12 N–H and O–H groups in total. The first-order chi connectivity index (χ1) is 35.6. The summed E-state index contributed by atoms with van der Waals surface area (Å²) in [6.07, 6.45) is 1.87. The minimum absolute atomic E-state index is 0.00193. The normalized spacial score (nSPS) is 25.7. The maximum Gasteiger partial charge on any atom is 0.246 e. The fraction of sp³-hybridized carbons (Fsp3) is 0.618. The highest BCUT2D eigenvalue weighted by Gasteiger charge is 2.41. The molecule has 2 aromatic carbocycles. The van der Waals surface area contributed by atoms with Crippen molar-refractivity contribution in [3.63, 3.8) is 0 Å². The molecule has 0 saturated carbocycles. The molecule has 4 rings (SSSR count). The number of nitrogens with two attached hydrogens (primary N) is 2. The average molecular weight is 1040 g/mol. The van der Waals surface area contributed by atoms with Crippen LogP contribution in [0.2, 0.25) is 0 Å². The van der Waals surface area contributed by atoms with Crippen molar-refractivity contribution in [1.29, 1.82) is 0 Å². The SMILES string of the molecule is CC(C)C[C@@H]1NC(=O)[C@H](CCCN)NC(=O)[C@H](C(C)C)NC(=O)[C@@H]2CCCN2C(=O)[C@@H](Cc2ccccc2)NC(=O)[C@H](CC(C)C)NC(=O)[C@H](CCCN)NC(=O)[C@H](C(C)C)NC(=O)[C@@H](Cc2ccccc2)NC1=O. The van der Waals surface area contributed by atoms with E-state index in [1.165, 1.54) is 4.90 Å². The van der Waals surface area contributed by atoms with Gasteiger partial charge >= 0.3 is 0 Å². The molecular weight excluding hydrogens is 959 g/mol. The van der Waals surface area contributed by atoms with Crippen LogP contribution in [0.3, 0.4) is 0 Å². The van der Waals surface area contributed by atoms with Gasteiger partial charge in [-0.2, -0.15) is 0 Å². The van der Waals surface area contributed by atoms with Crippen LogP contribution >= 0.6 is 0 Å². The Labute approximate surface area is 442 Å². The standard InChI is InChI=1S/C55H85N11O9/c1-32(2)28-40-49(69)62-42(30-36-18-11-9-12-19-36)51(71)64-45(34(5)6)53(73)58-38(22-15-25-56)48(68)61-41(29-33(3)4)50(70)63-43(31-37-20-13-10-14-21-37)55(75)66-27-17-24-44(66)52(72)65-46(35(7)8)54(74)59-39(23-16-26-57)47(67)60-40/h9-14,18-21,32-35,38-46H,15-17,22-31,56-57H2,1-8H3,(H,58,73)(H,59,74)(H,60,67)(H,61,68)(H,62,69)(H,63,70)(H,64,71)(H,65,72)/t38-,39-,40-,41-,42+,43+,44-,45-,46-/m0/s1. The van der Waals surface area contributed by atoms with E-state index in [0.29, 0.717) is 24.8 Å². The molecule has 0 spiro atoms. The molecule has 2 aromatic rings. The Morgan fingerprint density at radius 1 is 0.453 bits per heavy atom. The van der Waals surface area contributed by atoms with E-state index < -0.39 is 119 Å². The molecule has 0 aromatic heterocycles. The van der Waals surface area contributed by atoms with Crippen LogP contribution in [0.1, 0.15) is 118 Å². The Morgan fingerprint density at radius 3 is 1.23 bits per heavy atom. The highest BCUT2D eigenvalue weighted by Crippen LogP contribution is 2.22. The third kappa shape index (κ3) is 19.0. The van der Waals surface area contributed by atoms with Crippen molar-refractivity contribution < 1.29 is 43.2 Å². The number of amides is 9. The second kappa shape index (κ2) is 30.2. The molecule has 2 fully saturated rings. The maximum absolute atomic E-state index is 14.8. The Morgan fingerprint density at radius 2 is 0.813 bits per heavy atom. The Bertz CT molecular complexity index is 2230. The van der Waals surface area contributed by atoms with Crippen LogP contribution in [0.4, 0.5) is 0 Å². The van der Waals surface area contributed by atoms with Crippen molar-refractivity contribution in [1.82, 2.24) is 47.4 Å². The van der Waals surface area contributed by atoms with Crippen LogP contribution < -0.4 is 54.0 Å². The van der Waals surface area contributed by atoms with Crippen molar-refractivity contribution >= 4 is 53.2 Å². The first kappa shape index (κ1) is 61.1. The van der Waals surface area contributed by atoms with Gasteiger partial charge in [-0.1, -0.05) is 116 Å². The molecule has 9 amide bonds. The number of nitrogens with one attached hydrogen (secondary N) is 8. The number of carbonyl (C=O) groups excluding carboxylic acids is 9. The monoisotopic (exact) mass is 1040 g/mol. The predicted octanol–water partition coefficient (Wildman–Crippen LogP) is 1.24. The molecule has 0 bridgehead atoms. The molecule has 0 radical (unpaired) electrons. The molecule has 0 aliphatic carbocycles. The second-order valence-electron chi connectivity index (χ2n) is 21.5. The Hall–Kier alpha value is -6.41. The van der Waals surface area contributed by atoms with Crippen LogP contribution in [-0.2, 0) is 56.0 Å². The summed E-state index contributed by atoms with van der Waals surface area (Å²) in [6.45, 7) is 14.9. The molecule has 20 heteroatoms. The summed E-state index contributed by atoms with van der Waals surface area (Å²) in [5.41, 5.74) is 13.2. The van der Waals surface area contributed by atoms with E-state index in [9.17, 15) is 43.2 Å². The number of benzene rings is 2. The fourth-order valence-electron chi connectivity index (χ4n) is 9.39. The van der Waals surface area contributed by atoms with Crippen molar-refractivity contribution in [3.05, 3.63) is 71.8 Å². The van der Waals surface area contributed by atoms with Crippen molar-refractivity contribution in [2.24, 2.45) is 35.1 Å². The smallest absolute Gasteiger partial charge is 0.246 e. The van der Waals surface area contributed by atoms with Gasteiger partial charge in [0.2, 0.25) is 53.2 Å². The zero-order valence-corrected chi connectivity index (χ0v) is 45.2. The minimum Gasteiger partial charge on any atom is -0.343 e. The van der Waals surface area contributed by atoms with Gasteiger partial charge in [0.1, 0.15) is 54.4 Å². The minimum atomic E-state index is -1.26. The van der Waals surface area contributed by atoms with E-state index in [0.717, 1.165) is 5.56 Å². The summed E-state index contributed by atoms with van der Waals surface area (Å²) in [4.78, 5) is 131. The van der Waals surface area contributed by atoms with Crippen molar-refractivity contribution in [2.45, 2.75) is 174 Å². The van der Waals surface area contributed by atoms with Gasteiger partial charge in [-0.15, -0.1) is 0 Å². The van der Waals surface area contributed by atoms with Gasteiger partial charge in [0.15, 0.2) is 0 Å². The van der Waals surface area contributed by atoms with Crippen LogP contribution in [0.5, 0.6) is 0 Å². The van der Waals surface area contributed by atoms with E-state index in [-0.39, 0.29) is 76.4 Å². The highest BCUT2D eigenvalue weighted by molar-refractivity contribution is 5.99. The quantitative estimate of drug-likeness (QED) is 0.114. The van der Waals surface area contributed by atoms with Crippen LogP contribution in [0, 0.1) is 23.7 Å². The van der Waals surface area contributed by atoms with E-state index in [1.807, 2.05) is 45.9 Å². The maximum atomic E-state index is 14.8. The van der Waals surface area contributed by atoms with Crippen LogP contribution in [0.15, 0.2) is 60.7 Å². The molecule has 0 unspecified atom stereocenters. The lowest BCUT2D eigenvalue weighted by atomic mass is 9.98. The van der Waals surface area contributed by atoms with Crippen molar-refractivity contribution in [2.75, 3.05) is 19.6 Å². The topological polar surface area (TPSA) is 305 Å². The molecule has 75 heavy (non-hydrogen) atoms. The summed E-state index contributed by atoms with van der Waals surface area (Å²) >= 11 is 0. The molecule has 414 valence electrons. The Kier molecular flexibility index (Phi) is 24.6. The molecule has 20 nitrogen and oxygen atoms in total. The lowest BCUT2D eigenvalue weighted by Crippen LogP contribution is -2.61. The van der Waals surface area contributed by atoms with Crippen molar-refractivity contribution in [3.8, 4) is 0 Å². The summed E-state index contributed by atoms with van der Waals surface area (Å²) in [5.74, 6) is -7.22. The number of fused-ring (bicyclic) bond motifs is 1. The molecule has 2 heterocycles. The van der Waals surface area contributed by atoms with E-state index in [4.69, 9.17) is 11.5 Å². The average Bonchev–Trinajstić information content (AvgIpc) is 3.86. The lowest BCUT2D eigenvalue weighted by Gasteiger charge is -2.32. The first-order valence-electron chi connectivity index (χ1n) is 26.8. The van der Waals surface area contributed by atoms with Crippen LogP contribution in [-0.4, -0.2) is 132 Å². The first-order valence-corrected chi connectivity index (χ1v) is 26.8. The predicted molar refractivity (Wildman–Crippen MR) is 286 cm³/mol. The fourth-order valence-corrected chi connectivity index (χ4v) is 9.39. The van der Waals surface area contributed by atoms with Gasteiger partial charge in [0.05, 0.1) is 0 Å². The van der Waals surface area contributed by atoms with Gasteiger partial charge in [0.25, 0.3) is 0 Å². The molecule has 9 atom stereocenters. The molecule has 2 saturated heterocycles. The molecule has 2 aliphatic rings. The zero-order valence-electron chi connectivity index (χ0n) is 45.2. The number of nitrogens with zero attached hydrogens (tertiary/aromatic N) is 1. The van der Waals surface area contributed by atoms with Gasteiger partial charge in [0, 0.05) is 19.4 Å². The number of rotatable bonds is 16. The summed E-state index contributed by atoms with van der Waals surface area (Å²) in [5, 5.41) is 22.7. The lowest BCUT2D eigenvalue weighted by molar-refractivity contribution is -0.143. The highest BCUT2D eigenvalue weighted by atomic mass is 16.2. The summed E-state index contributed by atoms with van der Waals surface area (Å²) < 4.78 is 0. The number of hydrogen-bond donors (Lipinski definition) is 10. The van der Waals surface area contributed by atoms with Gasteiger partial charge in [-0.25, -0.2) is 0 Å². The largest absolute Gasteiger partial charge is 0.343 e. The Balaban J connectivity index is 1.84.